The molecule has 6 nitrogen and oxygen atoms in total. The molecule has 40 heavy (non-hydrogen) atoms. The first-order valence-electron chi connectivity index (χ1n) is 14.2. The molecule has 0 saturated heterocycles. The summed E-state index contributed by atoms with van der Waals surface area (Å²) in [7, 11) is 1.61. The number of fused-ring (bicyclic) bond motifs is 1. The van der Waals surface area contributed by atoms with Gasteiger partial charge < -0.3 is 19.9 Å². The van der Waals surface area contributed by atoms with Crippen molar-refractivity contribution in [2.45, 2.75) is 51.6 Å². The fourth-order valence-electron chi connectivity index (χ4n) is 5.60. The molecule has 0 bridgehead atoms. The van der Waals surface area contributed by atoms with Crippen molar-refractivity contribution in [1.82, 2.24) is 15.1 Å². The molecule has 3 aromatic carbocycles. The summed E-state index contributed by atoms with van der Waals surface area (Å²) in [6, 6.07) is 20.5. The third kappa shape index (κ3) is 6.89. The Morgan fingerprint density at radius 3 is 2.27 bits per heavy atom. The van der Waals surface area contributed by atoms with E-state index in [1.165, 1.54) is 12.1 Å². The summed E-state index contributed by atoms with van der Waals surface area (Å²) in [6.45, 7) is 8.21. The molecule has 2 amide bonds. The van der Waals surface area contributed by atoms with E-state index in [4.69, 9.17) is 4.74 Å². The van der Waals surface area contributed by atoms with Crippen LogP contribution in [-0.4, -0.2) is 54.9 Å². The molecule has 1 aliphatic rings. The van der Waals surface area contributed by atoms with Gasteiger partial charge in [-0.3, -0.25) is 9.59 Å². The highest BCUT2D eigenvalue weighted by Crippen LogP contribution is 2.44. The predicted octanol–water partition coefficient (Wildman–Crippen LogP) is 5.94. The molecule has 0 saturated carbocycles. The summed E-state index contributed by atoms with van der Waals surface area (Å²) in [5, 5.41) is 3.18. The van der Waals surface area contributed by atoms with E-state index >= 15 is 0 Å². The lowest BCUT2D eigenvalue weighted by molar-refractivity contribution is -0.124. The van der Waals surface area contributed by atoms with Crippen molar-refractivity contribution < 1.29 is 18.7 Å². The molecule has 3 aromatic rings. The number of halogens is 1. The predicted molar refractivity (Wildman–Crippen MR) is 156 cm³/mol. The standard InChI is InChI=1S/C33H40FN3O3/c1-4-20-36(21-5-2)22-8-19-35-32(38)30-28-9-6-7-10-29(28)33(39)37(23-24-11-15-26(34)16-12-24)31(30)25-13-17-27(40-3)18-14-25/h6-7,9-18,30-31H,4-5,8,19-23H2,1-3H3,(H,35,38)/t30-,31+/m1/s1. The molecular formula is C33H40FN3O3. The monoisotopic (exact) mass is 545 g/mol. The number of ether oxygens (including phenoxy) is 1. The molecule has 1 heterocycles. The quantitative estimate of drug-likeness (QED) is 0.270. The maximum absolute atomic E-state index is 14.0. The number of hydrogen-bond acceptors (Lipinski definition) is 4. The fraction of sp³-hybridized carbons (Fsp3) is 0.394. The van der Waals surface area contributed by atoms with Gasteiger partial charge in [-0.2, -0.15) is 0 Å². The number of carbonyl (C=O) groups is 2. The van der Waals surface area contributed by atoms with Crippen LogP contribution in [-0.2, 0) is 11.3 Å². The number of nitrogens with zero attached hydrogens (tertiary/aromatic N) is 2. The number of nitrogens with one attached hydrogen (secondary N) is 1. The third-order valence-corrected chi connectivity index (χ3v) is 7.47. The normalized spacial score (nSPS) is 16.6. The van der Waals surface area contributed by atoms with Gasteiger partial charge in [0.15, 0.2) is 0 Å². The van der Waals surface area contributed by atoms with Crippen LogP contribution in [0.3, 0.4) is 0 Å². The molecule has 0 aromatic heterocycles. The molecule has 0 aliphatic carbocycles. The first-order chi connectivity index (χ1) is 19.5. The molecule has 0 radical (unpaired) electrons. The molecule has 7 heteroatoms. The largest absolute Gasteiger partial charge is 0.497 e. The van der Waals surface area contributed by atoms with Crippen molar-refractivity contribution in [1.29, 1.82) is 0 Å². The van der Waals surface area contributed by atoms with Gasteiger partial charge in [-0.25, -0.2) is 4.39 Å². The average molecular weight is 546 g/mol. The van der Waals surface area contributed by atoms with E-state index in [9.17, 15) is 14.0 Å². The van der Waals surface area contributed by atoms with Crippen LogP contribution in [0.4, 0.5) is 4.39 Å². The molecule has 0 spiro atoms. The Morgan fingerprint density at radius 1 is 0.950 bits per heavy atom. The average Bonchev–Trinajstić information content (AvgIpc) is 2.97. The van der Waals surface area contributed by atoms with Gasteiger partial charge in [0, 0.05) is 18.7 Å². The number of carbonyl (C=O) groups excluding carboxylic acids is 2. The maximum Gasteiger partial charge on any atom is 0.255 e. The van der Waals surface area contributed by atoms with E-state index in [1.807, 2.05) is 42.5 Å². The molecule has 0 unspecified atom stereocenters. The molecule has 2 atom stereocenters. The summed E-state index contributed by atoms with van der Waals surface area (Å²) in [5.74, 6) is -0.507. The SMILES string of the molecule is CCCN(CCC)CCCNC(=O)[C@@H]1c2ccccc2C(=O)N(Cc2ccc(F)cc2)[C@H]1c1ccc(OC)cc1. The summed E-state index contributed by atoms with van der Waals surface area (Å²) in [6.07, 6.45) is 3.06. The highest BCUT2D eigenvalue weighted by atomic mass is 19.1. The molecular weight excluding hydrogens is 505 g/mol. The Bertz CT molecular complexity index is 1260. The van der Waals surface area contributed by atoms with E-state index in [2.05, 4.69) is 24.1 Å². The highest BCUT2D eigenvalue weighted by molar-refractivity contribution is 6.01. The molecule has 4 rings (SSSR count). The Labute approximate surface area is 237 Å². The van der Waals surface area contributed by atoms with E-state index in [0.29, 0.717) is 17.9 Å². The topological polar surface area (TPSA) is 61.9 Å². The Kier molecular flexibility index (Phi) is 10.3. The lowest BCUT2D eigenvalue weighted by Gasteiger charge is -2.42. The lowest BCUT2D eigenvalue weighted by atomic mass is 9.79. The van der Waals surface area contributed by atoms with Gasteiger partial charge in [-0.15, -0.1) is 0 Å². The van der Waals surface area contributed by atoms with Gasteiger partial charge in [-0.1, -0.05) is 56.3 Å². The van der Waals surface area contributed by atoms with E-state index in [1.54, 1.807) is 30.2 Å². The van der Waals surface area contributed by atoms with Crippen LogP contribution >= 0.6 is 0 Å². The number of methoxy groups -OCH3 is 1. The minimum atomic E-state index is -0.606. The van der Waals surface area contributed by atoms with Gasteiger partial charge in [0.1, 0.15) is 11.6 Å². The Hall–Kier alpha value is -3.71. The second-order valence-corrected chi connectivity index (χ2v) is 10.3. The van der Waals surface area contributed by atoms with E-state index in [0.717, 1.165) is 55.6 Å². The summed E-state index contributed by atoms with van der Waals surface area (Å²) < 4.78 is 19.0. The first kappa shape index (κ1) is 29.3. The van der Waals surface area contributed by atoms with Crippen molar-refractivity contribution >= 4 is 11.8 Å². The second-order valence-electron chi connectivity index (χ2n) is 10.3. The third-order valence-electron chi connectivity index (χ3n) is 7.47. The maximum atomic E-state index is 14.0. The smallest absolute Gasteiger partial charge is 0.255 e. The highest BCUT2D eigenvalue weighted by Gasteiger charge is 2.44. The minimum absolute atomic E-state index is 0.109. The number of rotatable bonds is 13. The summed E-state index contributed by atoms with van der Waals surface area (Å²) >= 11 is 0. The van der Waals surface area contributed by atoms with E-state index < -0.39 is 12.0 Å². The fourth-order valence-corrected chi connectivity index (χ4v) is 5.60. The van der Waals surface area contributed by atoms with Crippen molar-refractivity contribution in [3.05, 3.63) is 101 Å². The van der Waals surface area contributed by atoms with Gasteiger partial charge in [0.05, 0.1) is 19.1 Å². The van der Waals surface area contributed by atoms with Crippen LogP contribution < -0.4 is 10.1 Å². The molecule has 1 N–H and O–H groups in total. The summed E-state index contributed by atoms with van der Waals surface area (Å²) in [4.78, 5) is 32.1. The van der Waals surface area contributed by atoms with Crippen molar-refractivity contribution in [2.75, 3.05) is 33.3 Å². The Balaban J connectivity index is 1.66. The zero-order valence-corrected chi connectivity index (χ0v) is 23.7. The van der Waals surface area contributed by atoms with Crippen molar-refractivity contribution in [3.63, 3.8) is 0 Å². The molecule has 1 aliphatic heterocycles. The van der Waals surface area contributed by atoms with Crippen LogP contribution in [0.1, 0.15) is 72.1 Å². The van der Waals surface area contributed by atoms with Gasteiger partial charge >= 0.3 is 0 Å². The second kappa shape index (κ2) is 14.1. The zero-order chi connectivity index (χ0) is 28.5. The zero-order valence-electron chi connectivity index (χ0n) is 23.7. The molecule has 0 fully saturated rings. The van der Waals surface area contributed by atoms with Gasteiger partial charge in [-0.05, 0) is 85.9 Å². The van der Waals surface area contributed by atoms with Crippen LogP contribution in [0, 0.1) is 5.82 Å². The van der Waals surface area contributed by atoms with Crippen LogP contribution in [0.25, 0.3) is 0 Å². The van der Waals surface area contributed by atoms with Crippen molar-refractivity contribution in [3.8, 4) is 5.75 Å². The lowest BCUT2D eigenvalue weighted by Crippen LogP contribution is -2.47. The van der Waals surface area contributed by atoms with Gasteiger partial charge in [0.2, 0.25) is 5.91 Å². The van der Waals surface area contributed by atoms with Gasteiger partial charge in [0.25, 0.3) is 5.91 Å². The first-order valence-corrected chi connectivity index (χ1v) is 14.2. The Morgan fingerprint density at radius 2 is 1.62 bits per heavy atom. The van der Waals surface area contributed by atoms with Crippen molar-refractivity contribution in [2.24, 2.45) is 0 Å². The molecule has 212 valence electrons. The van der Waals surface area contributed by atoms with Crippen LogP contribution in [0.2, 0.25) is 0 Å². The number of benzene rings is 3. The summed E-state index contributed by atoms with van der Waals surface area (Å²) in [5.41, 5.74) is 2.87. The van der Waals surface area contributed by atoms with E-state index in [-0.39, 0.29) is 24.2 Å². The number of amides is 2. The van der Waals surface area contributed by atoms with Crippen LogP contribution in [0.5, 0.6) is 5.75 Å². The van der Waals surface area contributed by atoms with Crippen LogP contribution in [0.15, 0.2) is 72.8 Å². The minimum Gasteiger partial charge on any atom is -0.497 e. The number of hydrogen-bond donors (Lipinski definition) is 1.